The number of rotatable bonds is 5. The molecule has 0 aliphatic carbocycles. The van der Waals surface area contributed by atoms with E-state index in [2.05, 4.69) is 22.1 Å². The van der Waals surface area contributed by atoms with Crippen molar-refractivity contribution in [3.63, 3.8) is 0 Å². The highest BCUT2D eigenvalue weighted by Crippen LogP contribution is 2.30. The summed E-state index contributed by atoms with van der Waals surface area (Å²) in [5.74, 6) is 0.378. The van der Waals surface area contributed by atoms with Crippen LogP contribution in [0.25, 0.3) is 5.69 Å². The van der Waals surface area contributed by atoms with E-state index in [9.17, 15) is 4.79 Å². The summed E-state index contributed by atoms with van der Waals surface area (Å²) in [4.78, 5) is 13.2. The number of carboxylic acid groups (broad SMARTS) is 1. The minimum Gasteiger partial charge on any atom is -0.481 e. The number of carboxylic acids is 1. The van der Waals surface area contributed by atoms with Crippen molar-refractivity contribution >= 4 is 17.7 Å². The van der Waals surface area contributed by atoms with Crippen LogP contribution in [0.4, 0.5) is 0 Å². The molecule has 0 bridgehead atoms. The van der Waals surface area contributed by atoms with Gasteiger partial charge in [0, 0.05) is 18.2 Å². The fourth-order valence-electron chi connectivity index (χ4n) is 2.96. The van der Waals surface area contributed by atoms with E-state index in [1.54, 1.807) is 0 Å². The lowest BCUT2D eigenvalue weighted by atomic mass is 9.97. The number of para-hydroxylation sites is 1. The van der Waals surface area contributed by atoms with Crippen LogP contribution in [0.2, 0.25) is 0 Å². The molecule has 2 aromatic rings. The molecule has 0 spiro atoms. The summed E-state index contributed by atoms with van der Waals surface area (Å²) in [6.07, 6.45) is 2.22. The number of aromatic nitrogens is 3. The largest absolute Gasteiger partial charge is 0.481 e. The predicted molar refractivity (Wildman–Crippen MR) is 89.2 cm³/mol. The Bertz CT molecular complexity index is 674. The van der Waals surface area contributed by atoms with Gasteiger partial charge in [-0.2, -0.15) is 0 Å². The van der Waals surface area contributed by atoms with Gasteiger partial charge in [-0.05, 0) is 38.6 Å². The van der Waals surface area contributed by atoms with Crippen molar-refractivity contribution in [3.8, 4) is 5.69 Å². The van der Waals surface area contributed by atoms with Gasteiger partial charge in [0.2, 0.25) is 0 Å². The molecule has 1 aliphatic rings. The molecule has 1 fully saturated rings. The molecule has 1 atom stereocenters. The normalized spacial score (nSPS) is 18.9. The van der Waals surface area contributed by atoms with Crippen molar-refractivity contribution in [2.24, 2.45) is 0 Å². The van der Waals surface area contributed by atoms with Crippen LogP contribution in [0, 0.1) is 0 Å². The summed E-state index contributed by atoms with van der Waals surface area (Å²) in [7, 11) is 2.12. The molecule has 1 N–H and O–H groups in total. The highest BCUT2D eigenvalue weighted by molar-refractivity contribution is 7.99. The standard InChI is InChI=1S/C16H20N4O2S/c1-19-9-5-6-12(10-19)15-17-18-16(23-11-14(21)22)20(15)13-7-3-2-4-8-13/h2-4,7-8,12H,5-6,9-11H2,1H3,(H,21,22)/t12-/m1/s1. The molecule has 7 heteroatoms. The van der Waals surface area contributed by atoms with Crippen molar-refractivity contribution in [1.82, 2.24) is 19.7 Å². The number of piperidine rings is 1. The molecule has 0 amide bonds. The van der Waals surface area contributed by atoms with Crippen molar-refractivity contribution < 1.29 is 9.90 Å². The number of aliphatic carboxylic acids is 1. The quantitative estimate of drug-likeness (QED) is 0.847. The Balaban J connectivity index is 1.97. The van der Waals surface area contributed by atoms with Crippen molar-refractivity contribution in [3.05, 3.63) is 36.2 Å². The second-order valence-electron chi connectivity index (χ2n) is 5.80. The highest BCUT2D eigenvalue weighted by Gasteiger charge is 2.26. The van der Waals surface area contributed by atoms with Gasteiger partial charge in [-0.25, -0.2) is 0 Å². The number of benzene rings is 1. The van der Waals surface area contributed by atoms with Gasteiger partial charge >= 0.3 is 5.97 Å². The first-order valence-electron chi connectivity index (χ1n) is 7.69. The molecule has 1 aromatic heterocycles. The molecule has 0 radical (unpaired) electrons. The van der Waals surface area contributed by atoms with Crippen molar-refractivity contribution in [2.75, 3.05) is 25.9 Å². The molecule has 0 saturated carbocycles. The zero-order chi connectivity index (χ0) is 16.2. The first kappa shape index (κ1) is 16.0. The highest BCUT2D eigenvalue weighted by atomic mass is 32.2. The lowest BCUT2D eigenvalue weighted by Gasteiger charge is -2.29. The van der Waals surface area contributed by atoms with Crippen LogP contribution in [0.1, 0.15) is 24.6 Å². The Morgan fingerprint density at radius 2 is 2.13 bits per heavy atom. The molecule has 0 unspecified atom stereocenters. The summed E-state index contributed by atoms with van der Waals surface area (Å²) >= 11 is 1.21. The van der Waals surface area contributed by atoms with Crippen LogP contribution in [-0.2, 0) is 4.79 Å². The van der Waals surface area contributed by atoms with Crippen LogP contribution in [-0.4, -0.2) is 56.6 Å². The van der Waals surface area contributed by atoms with Gasteiger partial charge < -0.3 is 10.0 Å². The molecule has 1 aromatic carbocycles. The molecule has 2 heterocycles. The summed E-state index contributed by atoms with van der Waals surface area (Å²) in [5, 5.41) is 18.2. The molecule has 3 rings (SSSR count). The molecular formula is C16H20N4O2S. The maximum Gasteiger partial charge on any atom is 0.313 e. The number of hydrogen-bond donors (Lipinski definition) is 1. The third kappa shape index (κ3) is 3.73. The SMILES string of the molecule is CN1CCC[C@@H](c2nnc(SCC(=O)O)n2-c2ccccc2)C1. The van der Waals surface area contributed by atoms with E-state index in [0.29, 0.717) is 11.1 Å². The molecule has 122 valence electrons. The average Bonchev–Trinajstić information content (AvgIpc) is 2.97. The van der Waals surface area contributed by atoms with Gasteiger partial charge in [0.15, 0.2) is 5.16 Å². The van der Waals surface area contributed by atoms with Gasteiger partial charge in [0.25, 0.3) is 0 Å². The van der Waals surface area contributed by atoms with Crippen LogP contribution < -0.4 is 0 Å². The van der Waals surface area contributed by atoms with Crippen LogP contribution in [0.3, 0.4) is 0 Å². The lowest BCUT2D eigenvalue weighted by molar-refractivity contribution is -0.133. The Hall–Kier alpha value is -1.86. The third-order valence-electron chi connectivity index (χ3n) is 3.99. The second-order valence-corrected chi connectivity index (χ2v) is 6.74. The van der Waals surface area contributed by atoms with E-state index in [0.717, 1.165) is 37.4 Å². The molecule has 23 heavy (non-hydrogen) atoms. The van der Waals surface area contributed by atoms with Crippen molar-refractivity contribution in [2.45, 2.75) is 23.9 Å². The number of carbonyl (C=O) groups is 1. The van der Waals surface area contributed by atoms with Gasteiger partial charge in [-0.1, -0.05) is 30.0 Å². The van der Waals surface area contributed by atoms with Crippen LogP contribution >= 0.6 is 11.8 Å². The topological polar surface area (TPSA) is 71.2 Å². The van der Waals surface area contributed by atoms with E-state index in [1.807, 2.05) is 34.9 Å². The van der Waals surface area contributed by atoms with Gasteiger partial charge in [-0.3, -0.25) is 9.36 Å². The number of nitrogens with zero attached hydrogens (tertiary/aromatic N) is 4. The smallest absolute Gasteiger partial charge is 0.313 e. The first-order chi connectivity index (χ1) is 11.1. The Labute approximate surface area is 139 Å². The zero-order valence-corrected chi connectivity index (χ0v) is 13.9. The monoisotopic (exact) mass is 332 g/mol. The van der Waals surface area contributed by atoms with E-state index < -0.39 is 5.97 Å². The minimum atomic E-state index is -0.850. The predicted octanol–water partition coefficient (Wildman–Crippen LogP) is 2.25. The van der Waals surface area contributed by atoms with Gasteiger partial charge in [0.1, 0.15) is 5.82 Å². The van der Waals surface area contributed by atoms with Gasteiger partial charge in [-0.15, -0.1) is 10.2 Å². The number of likely N-dealkylation sites (N-methyl/N-ethyl adjacent to an activating group) is 1. The summed E-state index contributed by atoms with van der Waals surface area (Å²) in [5.41, 5.74) is 0.980. The van der Waals surface area contributed by atoms with E-state index >= 15 is 0 Å². The maximum absolute atomic E-state index is 10.9. The lowest BCUT2D eigenvalue weighted by Crippen LogP contribution is -2.32. The fourth-order valence-corrected chi connectivity index (χ4v) is 3.64. The Kier molecular flexibility index (Phi) is 4.97. The molecule has 1 aliphatic heterocycles. The molecule has 1 saturated heterocycles. The molecular weight excluding hydrogens is 312 g/mol. The van der Waals surface area contributed by atoms with Crippen LogP contribution in [0.15, 0.2) is 35.5 Å². The van der Waals surface area contributed by atoms with E-state index in [-0.39, 0.29) is 5.75 Å². The third-order valence-corrected chi connectivity index (χ3v) is 4.90. The number of hydrogen-bond acceptors (Lipinski definition) is 5. The Morgan fingerprint density at radius 3 is 2.83 bits per heavy atom. The van der Waals surface area contributed by atoms with Crippen molar-refractivity contribution in [1.29, 1.82) is 0 Å². The van der Waals surface area contributed by atoms with Crippen LogP contribution in [0.5, 0.6) is 0 Å². The Morgan fingerprint density at radius 1 is 1.35 bits per heavy atom. The summed E-state index contributed by atoms with van der Waals surface area (Å²) in [6, 6.07) is 9.91. The van der Waals surface area contributed by atoms with E-state index in [1.165, 1.54) is 11.8 Å². The average molecular weight is 332 g/mol. The number of thioether (sulfide) groups is 1. The maximum atomic E-state index is 10.9. The zero-order valence-electron chi connectivity index (χ0n) is 13.1. The minimum absolute atomic E-state index is 0.0183. The first-order valence-corrected chi connectivity index (χ1v) is 8.67. The summed E-state index contributed by atoms with van der Waals surface area (Å²) in [6.45, 7) is 2.06. The number of likely N-dealkylation sites (tertiary alicyclic amines) is 1. The summed E-state index contributed by atoms with van der Waals surface area (Å²) < 4.78 is 2.01. The second kappa shape index (κ2) is 7.14. The van der Waals surface area contributed by atoms with E-state index in [4.69, 9.17) is 5.11 Å². The van der Waals surface area contributed by atoms with Gasteiger partial charge in [0.05, 0.1) is 5.75 Å². The molecule has 6 nitrogen and oxygen atoms in total. The fraction of sp³-hybridized carbons (Fsp3) is 0.438.